The average molecular weight is 435 g/mol. The van der Waals surface area contributed by atoms with Gasteiger partial charge in [0.25, 0.3) is 0 Å². The maximum Gasteiger partial charge on any atom is 0.170 e. The molecular weight excluding hydrogens is 405 g/mol. The zero-order chi connectivity index (χ0) is 22.7. The summed E-state index contributed by atoms with van der Waals surface area (Å²) in [5.41, 5.74) is 2.25. The van der Waals surface area contributed by atoms with E-state index in [2.05, 4.69) is 37.8 Å². The van der Waals surface area contributed by atoms with Gasteiger partial charge in [-0.3, -0.25) is 0 Å². The smallest absolute Gasteiger partial charge is 0.170 e. The van der Waals surface area contributed by atoms with Crippen LogP contribution in [0.1, 0.15) is 62.5 Å². The molecule has 0 radical (unpaired) electrons. The van der Waals surface area contributed by atoms with Crippen molar-refractivity contribution in [2.75, 3.05) is 0 Å². The van der Waals surface area contributed by atoms with E-state index in [0.717, 1.165) is 12.3 Å². The van der Waals surface area contributed by atoms with E-state index in [4.69, 9.17) is 0 Å². The lowest BCUT2D eigenvalue weighted by Gasteiger charge is -2.28. The molecule has 1 fully saturated rings. The van der Waals surface area contributed by atoms with E-state index in [1.54, 1.807) is 12.1 Å². The van der Waals surface area contributed by atoms with E-state index < -0.39 is 17.5 Å². The molecule has 0 nitrogen and oxygen atoms in total. The van der Waals surface area contributed by atoms with Gasteiger partial charge in [0.2, 0.25) is 0 Å². The van der Waals surface area contributed by atoms with Gasteiger partial charge >= 0.3 is 0 Å². The van der Waals surface area contributed by atoms with Crippen LogP contribution in [0.2, 0.25) is 0 Å². The Labute approximate surface area is 188 Å². The Morgan fingerprint density at radius 3 is 2.28 bits per heavy atom. The zero-order valence-electron chi connectivity index (χ0n) is 18.5. The summed E-state index contributed by atoms with van der Waals surface area (Å²) in [6.45, 7) is 5.56. The van der Waals surface area contributed by atoms with Crippen LogP contribution in [-0.4, -0.2) is 0 Å². The highest BCUT2D eigenvalue weighted by Gasteiger charge is 2.22. The second-order valence-electron chi connectivity index (χ2n) is 8.81. The van der Waals surface area contributed by atoms with Crippen molar-refractivity contribution in [1.82, 2.24) is 0 Å². The molecule has 0 atom stereocenters. The summed E-state index contributed by atoms with van der Waals surface area (Å²) in [7, 11) is 0. The van der Waals surface area contributed by atoms with Crippen molar-refractivity contribution < 1.29 is 13.2 Å². The molecular formula is C29H29F3. The number of halogens is 3. The van der Waals surface area contributed by atoms with Crippen molar-refractivity contribution in [3.05, 3.63) is 89.8 Å². The molecule has 0 spiro atoms. The number of hydrogen-bond donors (Lipinski definition) is 0. The Kier molecular flexibility index (Phi) is 6.83. The Balaban J connectivity index is 1.54. The maximum atomic E-state index is 15.2. The Hall–Kier alpha value is -2.81. The van der Waals surface area contributed by atoms with E-state index in [9.17, 15) is 8.78 Å². The predicted molar refractivity (Wildman–Crippen MR) is 128 cm³/mol. The Morgan fingerprint density at radius 2 is 1.62 bits per heavy atom. The molecule has 1 aliphatic carbocycles. The third kappa shape index (κ3) is 4.39. The highest BCUT2D eigenvalue weighted by molar-refractivity contribution is 5.90. The minimum atomic E-state index is -1.17. The number of hydrogen-bond acceptors (Lipinski definition) is 0. The monoisotopic (exact) mass is 434 g/mol. The molecule has 3 heteroatoms. The molecule has 3 aromatic carbocycles. The molecule has 0 amide bonds. The van der Waals surface area contributed by atoms with Crippen LogP contribution in [0, 0.1) is 23.4 Å². The van der Waals surface area contributed by atoms with Gasteiger partial charge in [0, 0.05) is 11.1 Å². The second kappa shape index (κ2) is 9.77. The number of allylic oxidation sites excluding steroid dienone is 2. The summed E-state index contributed by atoms with van der Waals surface area (Å²) in [6.07, 6.45) is 12.9. The molecule has 0 aromatic heterocycles. The summed E-state index contributed by atoms with van der Waals surface area (Å²) in [5, 5.41) is 0.00812. The van der Waals surface area contributed by atoms with E-state index in [1.807, 2.05) is 12.1 Å². The van der Waals surface area contributed by atoms with E-state index in [-0.39, 0.29) is 16.5 Å². The number of rotatable bonds is 6. The van der Waals surface area contributed by atoms with Crippen LogP contribution < -0.4 is 0 Å². The van der Waals surface area contributed by atoms with Crippen molar-refractivity contribution in [3.8, 4) is 11.1 Å². The molecule has 0 saturated heterocycles. The van der Waals surface area contributed by atoms with Crippen LogP contribution in [-0.2, 0) is 0 Å². The average Bonchev–Trinajstić information content (AvgIpc) is 2.82. The fraction of sp³-hybridized carbons (Fsp3) is 0.310. The molecule has 3 aromatic rings. The highest BCUT2D eigenvalue weighted by Crippen LogP contribution is 2.39. The van der Waals surface area contributed by atoms with Gasteiger partial charge in [-0.1, -0.05) is 61.2 Å². The summed E-state index contributed by atoms with van der Waals surface area (Å²) in [5.74, 6) is -1.62. The predicted octanol–water partition coefficient (Wildman–Crippen LogP) is 9.20. The summed E-state index contributed by atoms with van der Waals surface area (Å²) < 4.78 is 44.0. The first-order valence-corrected chi connectivity index (χ1v) is 11.5. The first-order chi connectivity index (χ1) is 15.5. The van der Waals surface area contributed by atoms with Gasteiger partial charge in [0.05, 0.1) is 5.39 Å². The van der Waals surface area contributed by atoms with Gasteiger partial charge < -0.3 is 0 Å². The summed E-state index contributed by atoms with van der Waals surface area (Å²) >= 11 is 0. The van der Waals surface area contributed by atoms with Crippen LogP contribution in [0.25, 0.3) is 28.0 Å². The van der Waals surface area contributed by atoms with Crippen molar-refractivity contribution in [3.63, 3.8) is 0 Å². The van der Waals surface area contributed by atoms with Crippen LogP contribution in [0.15, 0.2) is 61.2 Å². The molecule has 0 heterocycles. The Morgan fingerprint density at radius 1 is 0.906 bits per heavy atom. The van der Waals surface area contributed by atoms with Crippen LogP contribution in [0.4, 0.5) is 13.2 Å². The summed E-state index contributed by atoms with van der Waals surface area (Å²) in [4.78, 5) is 0. The van der Waals surface area contributed by atoms with Crippen molar-refractivity contribution in [1.29, 1.82) is 0 Å². The third-order valence-electron chi connectivity index (χ3n) is 6.89. The molecule has 0 aliphatic heterocycles. The highest BCUT2D eigenvalue weighted by atomic mass is 19.2. The normalized spacial score (nSPS) is 19.0. The number of benzene rings is 3. The quantitative estimate of drug-likeness (QED) is 0.339. The Bertz CT molecular complexity index is 1130. The number of fused-ring (bicyclic) bond motifs is 1. The molecule has 0 bridgehead atoms. The lowest BCUT2D eigenvalue weighted by molar-refractivity contribution is 0.312. The van der Waals surface area contributed by atoms with Crippen molar-refractivity contribution >= 4 is 16.8 Å². The van der Waals surface area contributed by atoms with E-state index in [0.29, 0.717) is 16.9 Å². The van der Waals surface area contributed by atoms with Gasteiger partial charge in [0.15, 0.2) is 11.6 Å². The minimum absolute atomic E-state index is 0.0306. The molecule has 1 aliphatic rings. The molecule has 1 saturated carbocycles. The van der Waals surface area contributed by atoms with Crippen molar-refractivity contribution in [2.24, 2.45) is 5.92 Å². The van der Waals surface area contributed by atoms with Crippen molar-refractivity contribution in [2.45, 2.75) is 51.4 Å². The topological polar surface area (TPSA) is 0 Å². The standard InChI is InChI=1S/C29H29F3/c1-3-5-6-7-19-8-10-21(11-9-19)22-12-14-23(15-13-22)25-17-16-24-18-20(4-2)27(30)29(32)26(24)28(25)31/h3-5,12-19,21H,2,6-11H2,1H3/b5-3+. The van der Waals surface area contributed by atoms with Gasteiger partial charge in [-0.25, -0.2) is 13.2 Å². The van der Waals surface area contributed by atoms with E-state index in [1.165, 1.54) is 49.8 Å². The largest absolute Gasteiger partial charge is 0.206 e. The van der Waals surface area contributed by atoms with Gasteiger partial charge in [-0.15, -0.1) is 0 Å². The first kappa shape index (κ1) is 22.4. The SMILES string of the molecule is C=Cc1cc2ccc(-c3ccc(C4CCC(CC/C=C/C)CC4)cc3)c(F)c2c(F)c1F. The van der Waals surface area contributed by atoms with E-state index >= 15 is 4.39 Å². The second-order valence-corrected chi connectivity index (χ2v) is 8.81. The minimum Gasteiger partial charge on any atom is -0.206 e. The fourth-order valence-electron chi connectivity index (χ4n) is 4.99. The van der Waals surface area contributed by atoms with Gasteiger partial charge in [-0.2, -0.15) is 0 Å². The van der Waals surface area contributed by atoms with Gasteiger partial charge in [-0.05, 0) is 79.9 Å². The summed E-state index contributed by atoms with van der Waals surface area (Å²) in [6, 6.07) is 12.6. The van der Waals surface area contributed by atoms with Crippen LogP contribution in [0.3, 0.4) is 0 Å². The maximum absolute atomic E-state index is 15.2. The molecule has 4 rings (SSSR count). The zero-order valence-corrected chi connectivity index (χ0v) is 18.5. The third-order valence-corrected chi connectivity index (χ3v) is 6.89. The van der Waals surface area contributed by atoms with Gasteiger partial charge in [0.1, 0.15) is 5.82 Å². The molecule has 166 valence electrons. The van der Waals surface area contributed by atoms with Crippen LogP contribution in [0.5, 0.6) is 0 Å². The lowest BCUT2D eigenvalue weighted by Crippen LogP contribution is -2.13. The lowest BCUT2D eigenvalue weighted by atomic mass is 9.77. The first-order valence-electron chi connectivity index (χ1n) is 11.5. The fourth-order valence-corrected chi connectivity index (χ4v) is 4.99. The molecule has 32 heavy (non-hydrogen) atoms. The molecule has 0 unspecified atom stereocenters. The van der Waals surface area contributed by atoms with Crippen LogP contribution >= 0.6 is 0 Å². The molecule has 0 N–H and O–H groups in total.